The quantitative estimate of drug-likeness (QED) is 0.441. The Kier molecular flexibility index (Phi) is 6.40. The lowest BCUT2D eigenvalue weighted by Gasteiger charge is -2.23. The second kappa shape index (κ2) is 9.13. The molecule has 3 aromatic carbocycles. The summed E-state index contributed by atoms with van der Waals surface area (Å²) in [5, 5.41) is 2.03. The number of ether oxygens (including phenoxy) is 1. The van der Waals surface area contributed by atoms with E-state index in [9.17, 15) is 31.1 Å². The van der Waals surface area contributed by atoms with Crippen LogP contribution in [0.4, 0.5) is 26.3 Å². The maximum absolute atomic E-state index is 13.0. The minimum Gasteiger partial charge on any atom is -0.371 e. The molecule has 34 heavy (non-hydrogen) atoms. The van der Waals surface area contributed by atoms with Gasteiger partial charge in [0.15, 0.2) is 0 Å². The highest BCUT2D eigenvalue weighted by Crippen LogP contribution is 2.35. The summed E-state index contributed by atoms with van der Waals surface area (Å²) in [5.74, 6) is -2.03. The van der Waals surface area contributed by atoms with Crippen molar-refractivity contribution < 1.29 is 35.9 Å². The van der Waals surface area contributed by atoms with Crippen LogP contribution in [0.25, 0.3) is 11.1 Å². The van der Waals surface area contributed by atoms with Crippen LogP contribution >= 0.6 is 0 Å². The first-order chi connectivity index (χ1) is 16.0. The number of alkyl halides is 6. The monoisotopic (exact) mass is 479 g/mol. The zero-order valence-corrected chi connectivity index (χ0v) is 17.6. The highest BCUT2D eigenvalue weighted by molar-refractivity contribution is 5.82. The maximum atomic E-state index is 13.0. The van der Waals surface area contributed by atoms with Crippen LogP contribution in [0.1, 0.15) is 28.3 Å². The average Bonchev–Trinajstić information content (AvgIpc) is 3.14. The Hall–Kier alpha value is -3.33. The lowest BCUT2D eigenvalue weighted by molar-refractivity contribution is -0.175. The van der Waals surface area contributed by atoms with E-state index in [1.165, 1.54) is 6.07 Å². The van der Waals surface area contributed by atoms with E-state index in [2.05, 4.69) is 0 Å². The summed E-state index contributed by atoms with van der Waals surface area (Å²) in [6.45, 7) is 0.0555. The third kappa shape index (κ3) is 5.25. The SMILES string of the molecule is O=C(N[C@@H]1c2ccccc2C[C@@H]1OCc1ccc(-c2cccc(C(F)(F)F)c2)cc1)C(F)(F)F. The molecule has 9 heteroatoms. The maximum Gasteiger partial charge on any atom is 0.471 e. The highest BCUT2D eigenvalue weighted by Gasteiger charge is 2.43. The number of hydrogen-bond donors (Lipinski definition) is 1. The van der Waals surface area contributed by atoms with Crippen LogP contribution in [-0.2, 0) is 28.7 Å². The van der Waals surface area contributed by atoms with Crippen molar-refractivity contribution in [2.24, 2.45) is 0 Å². The Morgan fingerprint density at radius 2 is 1.59 bits per heavy atom. The topological polar surface area (TPSA) is 38.3 Å². The predicted octanol–water partition coefficient (Wildman–Crippen LogP) is 6.23. The molecule has 1 aliphatic rings. The second-order valence-electron chi connectivity index (χ2n) is 7.98. The van der Waals surface area contributed by atoms with Crippen molar-refractivity contribution in [3.8, 4) is 11.1 Å². The Labute approximate surface area is 191 Å². The smallest absolute Gasteiger partial charge is 0.371 e. The molecule has 0 saturated heterocycles. The molecule has 0 saturated carbocycles. The fourth-order valence-corrected chi connectivity index (χ4v) is 3.98. The lowest BCUT2D eigenvalue weighted by Crippen LogP contribution is -2.42. The van der Waals surface area contributed by atoms with E-state index < -0.39 is 36.0 Å². The molecule has 0 fully saturated rings. The van der Waals surface area contributed by atoms with Crippen LogP contribution in [0.2, 0.25) is 0 Å². The van der Waals surface area contributed by atoms with Crippen LogP contribution in [0, 0.1) is 0 Å². The fourth-order valence-electron chi connectivity index (χ4n) is 3.98. The molecule has 178 valence electrons. The van der Waals surface area contributed by atoms with Gasteiger partial charge in [-0.25, -0.2) is 0 Å². The van der Waals surface area contributed by atoms with Crippen LogP contribution < -0.4 is 5.32 Å². The van der Waals surface area contributed by atoms with Crippen molar-refractivity contribution in [1.82, 2.24) is 5.32 Å². The molecule has 0 unspecified atom stereocenters. The van der Waals surface area contributed by atoms with Crippen molar-refractivity contribution in [2.45, 2.75) is 37.5 Å². The highest BCUT2D eigenvalue weighted by atomic mass is 19.4. The number of amides is 1. The average molecular weight is 479 g/mol. The van der Waals surface area contributed by atoms with Gasteiger partial charge in [-0.2, -0.15) is 26.3 Å². The van der Waals surface area contributed by atoms with Crippen molar-refractivity contribution >= 4 is 5.91 Å². The van der Waals surface area contributed by atoms with E-state index in [1.54, 1.807) is 54.6 Å². The number of nitrogens with one attached hydrogen (secondary N) is 1. The molecule has 0 bridgehead atoms. The van der Waals surface area contributed by atoms with Crippen LogP contribution in [-0.4, -0.2) is 18.2 Å². The second-order valence-corrected chi connectivity index (χ2v) is 7.98. The minimum atomic E-state index is -5.01. The van der Waals surface area contributed by atoms with Gasteiger partial charge < -0.3 is 10.1 Å². The zero-order chi connectivity index (χ0) is 24.5. The molecule has 1 N–H and O–H groups in total. The number of benzene rings is 3. The molecular formula is C25H19F6NO2. The standard InChI is InChI=1S/C25H19F6NO2/c26-24(27,28)19-6-3-5-17(12-19)16-10-8-15(9-11-16)14-34-21-13-18-4-1-2-7-20(18)22(21)32-23(33)25(29,30)31/h1-12,21-22H,13-14H2,(H,32,33)/t21-,22+/m0/s1. The van der Waals surface area contributed by atoms with Gasteiger partial charge in [0.25, 0.3) is 0 Å². The zero-order valence-electron chi connectivity index (χ0n) is 17.6. The molecule has 0 heterocycles. The number of carbonyl (C=O) groups is 1. The normalized spacial score (nSPS) is 17.9. The van der Waals surface area contributed by atoms with Gasteiger partial charge in [0.1, 0.15) is 0 Å². The lowest BCUT2D eigenvalue weighted by atomic mass is 10.0. The summed E-state index contributed by atoms with van der Waals surface area (Å²) in [6, 6.07) is 17.6. The van der Waals surface area contributed by atoms with E-state index in [0.29, 0.717) is 28.7 Å². The summed E-state index contributed by atoms with van der Waals surface area (Å²) >= 11 is 0. The molecule has 0 aliphatic heterocycles. The fraction of sp³-hybridized carbons (Fsp3) is 0.240. The molecule has 1 aliphatic carbocycles. The van der Waals surface area contributed by atoms with Crippen LogP contribution in [0.15, 0.2) is 72.8 Å². The van der Waals surface area contributed by atoms with Gasteiger partial charge >= 0.3 is 18.3 Å². The van der Waals surface area contributed by atoms with E-state index in [-0.39, 0.29) is 6.61 Å². The van der Waals surface area contributed by atoms with Crippen molar-refractivity contribution in [3.05, 3.63) is 95.1 Å². The van der Waals surface area contributed by atoms with Gasteiger partial charge in [0.05, 0.1) is 24.3 Å². The first-order valence-electron chi connectivity index (χ1n) is 10.4. The van der Waals surface area contributed by atoms with Gasteiger partial charge in [0, 0.05) is 6.42 Å². The van der Waals surface area contributed by atoms with Crippen molar-refractivity contribution in [1.29, 1.82) is 0 Å². The number of carbonyl (C=O) groups excluding carboxylic acids is 1. The van der Waals surface area contributed by atoms with Gasteiger partial charge in [-0.05, 0) is 39.9 Å². The van der Waals surface area contributed by atoms with Crippen LogP contribution in [0.3, 0.4) is 0 Å². The number of halogens is 6. The Morgan fingerprint density at radius 3 is 2.26 bits per heavy atom. The Bertz CT molecular complexity index is 1170. The van der Waals surface area contributed by atoms with Gasteiger partial charge in [-0.1, -0.05) is 60.7 Å². The largest absolute Gasteiger partial charge is 0.471 e. The van der Waals surface area contributed by atoms with E-state index in [1.807, 2.05) is 5.32 Å². The van der Waals surface area contributed by atoms with Gasteiger partial charge in [-0.3, -0.25) is 4.79 Å². The van der Waals surface area contributed by atoms with E-state index in [0.717, 1.165) is 17.7 Å². The molecule has 3 nitrogen and oxygen atoms in total. The summed E-state index contributed by atoms with van der Waals surface area (Å²) in [5.41, 5.74) is 2.30. The van der Waals surface area contributed by atoms with Gasteiger partial charge in [-0.15, -0.1) is 0 Å². The molecule has 3 aromatic rings. The van der Waals surface area contributed by atoms with Crippen molar-refractivity contribution in [2.75, 3.05) is 0 Å². The Balaban J connectivity index is 1.46. The molecular weight excluding hydrogens is 460 g/mol. The first-order valence-corrected chi connectivity index (χ1v) is 10.4. The van der Waals surface area contributed by atoms with E-state index in [4.69, 9.17) is 4.74 Å². The van der Waals surface area contributed by atoms with Gasteiger partial charge in [0.2, 0.25) is 0 Å². The minimum absolute atomic E-state index is 0.0555. The summed E-state index contributed by atoms with van der Waals surface area (Å²) in [7, 11) is 0. The van der Waals surface area contributed by atoms with E-state index >= 15 is 0 Å². The molecule has 0 spiro atoms. The van der Waals surface area contributed by atoms with Crippen LogP contribution in [0.5, 0.6) is 0 Å². The Morgan fingerprint density at radius 1 is 0.882 bits per heavy atom. The number of rotatable bonds is 5. The van der Waals surface area contributed by atoms with Crippen molar-refractivity contribution in [3.63, 3.8) is 0 Å². The molecule has 2 atom stereocenters. The third-order valence-electron chi connectivity index (χ3n) is 5.67. The predicted molar refractivity (Wildman–Crippen MR) is 113 cm³/mol. The molecule has 0 radical (unpaired) electrons. The first kappa shape index (κ1) is 23.8. The summed E-state index contributed by atoms with van der Waals surface area (Å²) < 4.78 is 83.2. The molecule has 4 rings (SSSR count). The number of fused-ring (bicyclic) bond motifs is 1. The third-order valence-corrected chi connectivity index (χ3v) is 5.67. The summed E-state index contributed by atoms with van der Waals surface area (Å²) in [6.07, 6.45) is -9.82. The molecule has 1 amide bonds. The number of hydrogen-bond acceptors (Lipinski definition) is 2. The molecule has 0 aromatic heterocycles. The summed E-state index contributed by atoms with van der Waals surface area (Å²) in [4.78, 5) is 11.5.